The van der Waals surface area contributed by atoms with Gasteiger partial charge in [0.2, 0.25) is 0 Å². The quantitative estimate of drug-likeness (QED) is 0.706. The fraction of sp³-hybridized carbons (Fsp3) is 1.00. The molecule has 4 heteroatoms. The minimum Gasteiger partial charge on any atom is -0.394 e. The molecule has 0 aromatic rings. The highest BCUT2D eigenvalue weighted by Gasteiger charge is 2.23. The van der Waals surface area contributed by atoms with Gasteiger partial charge < -0.3 is 20.2 Å². The van der Waals surface area contributed by atoms with Crippen LogP contribution in [0.15, 0.2) is 0 Å². The normalized spacial score (nSPS) is 25.3. The molecule has 4 nitrogen and oxygen atoms in total. The van der Waals surface area contributed by atoms with E-state index in [4.69, 9.17) is 0 Å². The molecule has 0 bridgehead atoms. The average Bonchev–Trinajstić information content (AvgIpc) is 2.38. The maximum absolute atomic E-state index is 9.35. The van der Waals surface area contributed by atoms with Crippen LogP contribution in [0, 0.1) is 0 Å². The molecule has 0 amide bonds. The van der Waals surface area contributed by atoms with E-state index >= 15 is 0 Å². The molecule has 0 aliphatic carbocycles. The first-order chi connectivity index (χ1) is 8.50. The Balaban J connectivity index is 2.26. The van der Waals surface area contributed by atoms with Crippen LogP contribution in [0.2, 0.25) is 0 Å². The van der Waals surface area contributed by atoms with Gasteiger partial charge in [-0.3, -0.25) is 0 Å². The van der Waals surface area contributed by atoms with Crippen molar-refractivity contribution in [1.82, 2.24) is 15.1 Å². The summed E-state index contributed by atoms with van der Waals surface area (Å²) < 4.78 is 0. The summed E-state index contributed by atoms with van der Waals surface area (Å²) in [6.07, 6.45) is 4.79. The van der Waals surface area contributed by atoms with Crippen molar-refractivity contribution >= 4 is 0 Å². The Morgan fingerprint density at radius 1 is 1.50 bits per heavy atom. The number of piperidine rings is 1. The maximum atomic E-state index is 9.35. The van der Waals surface area contributed by atoms with E-state index in [1.807, 2.05) is 7.05 Å². The number of likely N-dealkylation sites (N-methyl/N-ethyl adjacent to an activating group) is 3. The van der Waals surface area contributed by atoms with Crippen molar-refractivity contribution in [2.75, 3.05) is 47.4 Å². The van der Waals surface area contributed by atoms with Gasteiger partial charge in [-0.1, -0.05) is 0 Å². The van der Waals surface area contributed by atoms with Crippen LogP contribution in [0.5, 0.6) is 0 Å². The number of hydrogen-bond donors (Lipinski definition) is 2. The van der Waals surface area contributed by atoms with E-state index in [0.717, 1.165) is 19.4 Å². The fourth-order valence-corrected chi connectivity index (χ4v) is 2.68. The van der Waals surface area contributed by atoms with E-state index in [-0.39, 0.29) is 12.1 Å². The zero-order valence-electron chi connectivity index (χ0n) is 12.6. The van der Waals surface area contributed by atoms with Crippen molar-refractivity contribution in [2.45, 2.75) is 44.2 Å². The predicted molar refractivity (Wildman–Crippen MR) is 76.9 cm³/mol. The topological polar surface area (TPSA) is 38.7 Å². The molecule has 2 N–H and O–H groups in total. The van der Waals surface area contributed by atoms with Crippen LogP contribution in [0.3, 0.4) is 0 Å². The first-order valence-corrected chi connectivity index (χ1v) is 7.19. The lowest BCUT2D eigenvalue weighted by Gasteiger charge is -2.36. The summed E-state index contributed by atoms with van der Waals surface area (Å²) in [7, 11) is 6.37. The van der Waals surface area contributed by atoms with Gasteiger partial charge in [0.25, 0.3) is 0 Å². The number of rotatable bonds is 7. The highest BCUT2D eigenvalue weighted by Crippen LogP contribution is 2.16. The summed E-state index contributed by atoms with van der Waals surface area (Å²) in [6, 6.07) is 0.707. The molecule has 1 aliphatic heterocycles. The summed E-state index contributed by atoms with van der Waals surface area (Å²) in [5.74, 6) is 0. The lowest BCUT2D eigenvalue weighted by atomic mass is 9.96. The standard InChI is InChI=1S/C14H31N3O/c1-14(12-18,15-2)8-6-10-17(4)13-7-5-9-16(3)11-13/h13,15,18H,5-12H2,1-4H3. The number of aliphatic hydroxyl groups excluding tert-OH is 1. The molecule has 0 spiro atoms. The lowest BCUT2D eigenvalue weighted by molar-refractivity contribution is 0.124. The molecule has 18 heavy (non-hydrogen) atoms. The van der Waals surface area contributed by atoms with Gasteiger partial charge in [-0.15, -0.1) is 0 Å². The van der Waals surface area contributed by atoms with Crippen molar-refractivity contribution in [1.29, 1.82) is 0 Å². The number of nitrogens with zero attached hydrogens (tertiary/aromatic N) is 2. The molecule has 1 saturated heterocycles. The highest BCUT2D eigenvalue weighted by molar-refractivity contribution is 4.82. The van der Waals surface area contributed by atoms with E-state index < -0.39 is 0 Å². The summed E-state index contributed by atoms with van der Waals surface area (Å²) in [6.45, 7) is 5.85. The van der Waals surface area contributed by atoms with E-state index in [2.05, 4.69) is 36.1 Å². The van der Waals surface area contributed by atoms with Gasteiger partial charge in [0.05, 0.1) is 6.61 Å². The molecule has 0 radical (unpaired) electrons. The van der Waals surface area contributed by atoms with Gasteiger partial charge in [-0.25, -0.2) is 0 Å². The van der Waals surface area contributed by atoms with Crippen molar-refractivity contribution in [2.24, 2.45) is 0 Å². The number of nitrogens with one attached hydrogen (secondary N) is 1. The first-order valence-electron chi connectivity index (χ1n) is 7.19. The monoisotopic (exact) mass is 257 g/mol. The molecule has 2 atom stereocenters. The summed E-state index contributed by atoms with van der Waals surface area (Å²) in [5.41, 5.74) is -0.121. The van der Waals surface area contributed by atoms with Gasteiger partial charge in [0.15, 0.2) is 0 Å². The minimum atomic E-state index is -0.121. The van der Waals surface area contributed by atoms with Crippen molar-refractivity contribution < 1.29 is 5.11 Å². The van der Waals surface area contributed by atoms with Crippen LogP contribution in [0.1, 0.15) is 32.6 Å². The average molecular weight is 257 g/mol. The second-order valence-electron chi connectivity index (χ2n) is 6.11. The second kappa shape index (κ2) is 7.43. The molecule has 0 saturated carbocycles. The summed E-state index contributed by atoms with van der Waals surface area (Å²) in [4.78, 5) is 4.92. The Morgan fingerprint density at radius 2 is 2.22 bits per heavy atom. The minimum absolute atomic E-state index is 0.121. The van der Waals surface area contributed by atoms with E-state index in [1.54, 1.807) is 0 Å². The van der Waals surface area contributed by atoms with E-state index in [9.17, 15) is 5.11 Å². The zero-order chi connectivity index (χ0) is 13.6. The molecule has 1 rings (SSSR count). The van der Waals surface area contributed by atoms with Crippen LogP contribution < -0.4 is 5.32 Å². The van der Waals surface area contributed by atoms with E-state index in [1.165, 1.54) is 25.9 Å². The van der Waals surface area contributed by atoms with Gasteiger partial charge in [-0.05, 0) is 66.8 Å². The van der Waals surface area contributed by atoms with Crippen molar-refractivity contribution in [3.63, 3.8) is 0 Å². The molecular formula is C14H31N3O. The van der Waals surface area contributed by atoms with Crippen LogP contribution >= 0.6 is 0 Å². The Kier molecular flexibility index (Phi) is 6.57. The fourth-order valence-electron chi connectivity index (χ4n) is 2.68. The largest absolute Gasteiger partial charge is 0.394 e. The number of likely N-dealkylation sites (tertiary alicyclic amines) is 1. The Hall–Kier alpha value is -0.160. The first kappa shape index (κ1) is 15.9. The molecule has 0 aromatic heterocycles. The predicted octanol–water partition coefficient (Wildman–Crippen LogP) is 0.763. The van der Waals surface area contributed by atoms with E-state index in [0.29, 0.717) is 6.04 Å². The van der Waals surface area contributed by atoms with Crippen LogP contribution in [-0.2, 0) is 0 Å². The highest BCUT2D eigenvalue weighted by atomic mass is 16.3. The molecule has 1 aliphatic rings. The number of hydrogen-bond acceptors (Lipinski definition) is 4. The Labute approximate surface area is 112 Å². The molecule has 1 heterocycles. The lowest BCUT2D eigenvalue weighted by Crippen LogP contribution is -2.46. The van der Waals surface area contributed by atoms with Crippen molar-refractivity contribution in [3.8, 4) is 0 Å². The maximum Gasteiger partial charge on any atom is 0.0610 e. The second-order valence-corrected chi connectivity index (χ2v) is 6.11. The molecule has 108 valence electrons. The third kappa shape index (κ3) is 4.84. The summed E-state index contributed by atoms with van der Waals surface area (Å²) >= 11 is 0. The zero-order valence-corrected chi connectivity index (χ0v) is 12.6. The van der Waals surface area contributed by atoms with Crippen molar-refractivity contribution in [3.05, 3.63) is 0 Å². The third-order valence-corrected chi connectivity index (χ3v) is 4.41. The third-order valence-electron chi connectivity index (χ3n) is 4.41. The van der Waals surface area contributed by atoms with Gasteiger partial charge in [0.1, 0.15) is 0 Å². The van der Waals surface area contributed by atoms with Gasteiger partial charge >= 0.3 is 0 Å². The number of aliphatic hydroxyl groups is 1. The van der Waals surface area contributed by atoms with Crippen LogP contribution in [0.25, 0.3) is 0 Å². The molecule has 2 unspecified atom stereocenters. The smallest absolute Gasteiger partial charge is 0.0610 e. The Morgan fingerprint density at radius 3 is 2.78 bits per heavy atom. The molecule has 1 fully saturated rings. The Bertz CT molecular complexity index is 231. The van der Waals surface area contributed by atoms with Gasteiger partial charge in [0, 0.05) is 18.1 Å². The SMILES string of the molecule is CNC(C)(CO)CCCN(C)C1CCCN(C)C1. The molecule has 0 aromatic carbocycles. The summed E-state index contributed by atoms with van der Waals surface area (Å²) in [5, 5.41) is 12.6. The van der Waals surface area contributed by atoms with Gasteiger partial charge in [-0.2, -0.15) is 0 Å². The van der Waals surface area contributed by atoms with Crippen LogP contribution in [0.4, 0.5) is 0 Å². The molecular weight excluding hydrogens is 226 g/mol. The van der Waals surface area contributed by atoms with Crippen LogP contribution in [-0.4, -0.2) is 73.9 Å².